The van der Waals surface area contributed by atoms with Gasteiger partial charge in [0, 0.05) is 11.1 Å². The summed E-state index contributed by atoms with van der Waals surface area (Å²) in [6.07, 6.45) is 0. The minimum absolute atomic E-state index is 0.153. The predicted molar refractivity (Wildman–Crippen MR) is 88.2 cm³/mol. The molecule has 6 heteroatoms. The first kappa shape index (κ1) is 15.8. The predicted octanol–water partition coefficient (Wildman–Crippen LogP) is 4.45. The number of halogens is 1. The SMILES string of the molecule is Cc1cc(-c2nnc(CN[C@H](C)c3ccc(Cl)cc3)o2)c(C)o1. The van der Waals surface area contributed by atoms with Crippen LogP contribution in [0.3, 0.4) is 0 Å². The lowest BCUT2D eigenvalue weighted by atomic mass is 10.1. The Morgan fingerprint density at radius 3 is 2.52 bits per heavy atom. The molecule has 3 aromatic rings. The van der Waals surface area contributed by atoms with E-state index in [1.54, 1.807) is 0 Å². The van der Waals surface area contributed by atoms with Crippen LogP contribution in [0.4, 0.5) is 0 Å². The van der Waals surface area contributed by atoms with Crippen molar-refractivity contribution in [2.75, 3.05) is 0 Å². The fraction of sp³-hybridized carbons (Fsp3) is 0.294. The smallest absolute Gasteiger partial charge is 0.251 e. The van der Waals surface area contributed by atoms with E-state index in [-0.39, 0.29) is 6.04 Å². The lowest BCUT2D eigenvalue weighted by molar-refractivity contribution is 0.452. The van der Waals surface area contributed by atoms with Crippen LogP contribution in [0.5, 0.6) is 0 Å². The van der Waals surface area contributed by atoms with E-state index in [9.17, 15) is 0 Å². The zero-order valence-electron chi connectivity index (χ0n) is 13.3. The van der Waals surface area contributed by atoms with E-state index in [1.165, 1.54) is 0 Å². The van der Waals surface area contributed by atoms with E-state index in [2.05, 4.69) is 22.4 Å². The van der Waals surface area contributed by atoms with Gasteiger partial charge in [0.1, 0.15) is 11.5 Å². The molecule has 2 heterocycles. The fourth-order valence-electron chi connectivity index (χ4n) is 2.39. The van der Waals surface area contributed by atoms with Crippen molar-refractivity contribution in [2.45, 2.75) is 33.4 Å². The van der Waals surface area contributed by atoms with Crippen LogP contribution in [-0.2, 0) is 6.54 Å². The lowest BCUT2D eigenvalue weighted by Gasteiger charge is -2.12. The summed E-state index contributed by atoms with van der Waals surface area (Å²) < 4.78 is 11.2. The Labute approximate surface area is 139 Å². The highest BCUT2D eigenvalue weighted by molar-refractivity contribution is 6.30. The van der Waals surface area contributed by atoms with Crippen molar-refractivity contribution in [2.24, 2.45) is 0 Å². The number of aromatic nitrogens is 2. The Hall–Kier alpha value is -2.11. The molecule has 0 aliphatic carbocycles. The molecule has 1 aromatic carbocycles. The normalized spacial score (nSPS) is 12.5. The maximum atomic E-state index is 5.90. The number of furan rings is 1. The van der Waals surface area contributed by atoms with Crippen molar-refractivity contribution in [1.82, 2.24) is 15.5 Å². The van der Waals surface area contributed by atoms with Crippen LogP contribution in [0.25, 0.3) is 11.5 Å². The zero-order valence-corrected chi connectivity index (χ0v) is 14.0. The summed E-state index contributed by atoms with van der Waals surface area (Å²) in [6.45, 7) is 6.34. The minimum Gasteiger partial charge on any atom is -0.466 e. The molecule has 5 nitrogen and oxygen atoms in total. The first-order chi connectivity index (χ1) is 11.0. The van der Waals surface area contributed by atoms with Crippen LogP contribution >= 0.6 is 11.6 Å². The summed E-state index contributed by atoms with van der Waals surface area (Å²) in [7, 11) is 0. The van der Waals surface area contributed by atoms with Crippen LogP contribution in [-0.4, -0.2) is 10.2 Å². The third kappa shape index (κ3) is 3.63. The molecule has 23 heavy (non-hydrogen) atoms. The van der Waals surface area contributed by atoms with Crippen LogP contribution < -0.4 is 5.32 Å². The molecule has 0 unspecified atom stereocenters. The Morgan fingerprint density at radius 2 is 1.87 bits per heavy atom. The van der Waals surface area contributed by atoms with E-state index in [0.717, 1.165) is 27.7 Å². The Kier molecular flexibility index (Phi) is 4.50. The average Bonchev–Trinajstić information content (AvgIpc) is 3.11. The Morgan fingerprint density at radius 1 is 1.13 bits per heavy atom. The van der Waals surface area contributed by atoms with Crippen LogP contribution in [0, 0.1) is 13.8 Å². The van der Waals surface area contributed by atoms with E-state index in [0.29, 0.717) is 18.3 Å². The highest BCUT2D eigenvalue weighted by Crippen LogP contribution is 2.25. The first-order valence-electron chi connectivity index (χ1n) is 7.41. The largest absolute Gasteiger partial charge is 0.466 e. The molecule has 0 saturated carbocycles. The molecule has 0 saturated heterocycles. The summed E-state index contributed by atoms with van der Waals surface area (Å²) in [5.41, 5.74) is 1.99. The number of rotatable bonds is 5. The molecule has 3 rings (SSSR count). The van der Waals surface area contributed by atoms with Crippen molar-refractivity contribution in [3.63, 3.8) is 0 Å². The second kappa shape index (κ2) is 6.56. The van der Waals surface area contributed by atoms with Gasteiger partial charge in [0.05, 0.1) is 12.1 Å². The monoisotopic (exact) mass is 331 g/mol. The van der Waals surface area contributed by atoms with E-state index >= 15 is 0 Å². The third-order valence-corrected chi connectivity index (χ3v) is 3.92. The topological polar surface area (TPSA) is 64.1 Å². The number of nitrogens with zero attached hydrogens (tertiary/aromatic N) is 2. The van der Waals surface area contributed by atoms with Gasteiger partial charge < -0.3 is 14.2 Å². The van der Waals surface area contributed by atoms with Crippen molar-refractivity contribution in [3.05, 3.63) is 58.3 Å². The summed E-state index contributed by atoms with van der Waals surface area (Å²) in [5.74, 6) is 2.63. The minimum atomic E-state index is 0.153. The molecule has 2 aromatic heterocycles. The van der Waals surface area contributed by atoms with Crippen LogP contribution in [0.15, 0.2) is 39.2 Å². The van der Waals surface area contributed by atoms with Gasteiger partial charge in [-0.05, 0) is 44.5 Å². The molecule has 0 amide bonds. The molecule has 0 radical (unpaired) electrons. The first-order valence-corrected chi connectivity index (χ1v) is 7.79. The molecule has 1 N–H and O–H groups in total. The molecular formula is C17H18ClN3O2. The molecule has 0 spiro atoms. The van der Waals surface area contributed by atoms with Gasteiger partial charge in [0.2, 0.25) is 5.89 Å². The maximum absolute atomic E-state index is 5.90. The summed E-state index contributed by atoms with van der Waals surface area (Å²) in [5, 5.41) is 12.3. The van der Waals surface area contributed by atoms with Gasteiger partial charge in [0.15, 0.2) is 0 Å². The second-order valence-corrected chi connectivity index (χ2v) is 5.92. The molecular weight excluding hydrogens is 314 g/mol. The highest BCUT2D eigenvalue weighted by Gasteiger charge is 2.15. The number of benzene rings is 1. The van der Waals surface area contributed by atoms with Crippen molar-refractivity contribution < 1.29 is 8.83 Å². The molecule has 1 atom stereocenters. The van der Waals surface area contributed by atoms with Gasteiger partial charge in [0.25, 0.3) is 5.89 Å². The summed E-state index contributed by atoms with van der Waals surface area (Å²) in [4.78, 5) is 0. The van der Waals surface area contributed by atoms with Crippen LogP contribution in [0.2, 0.25) is 5.02 Å². The third-order valence-electron chi connectivity index (χ3n) is 3.67. The van der Waals surface area contributed by atoms with E-state index in [4.69, 9.17) is 20.4 Å². The van der Waals surface area contributed by atoms with Gasteiger partial charge in [-0.1, -0.05) is 23.7 Å². The molecule has 0 aliphatic rings. The number of hydrogen-bond acceptors (Lipinski definition) is 5. The average molecular weight is 332 g/mol. The summed E-state index contributed by atoms with van der Waals surface area (Å²) >= 11 is 5.90. The molecule has 120 valence electrons. The quantitative estimate of drug-likeness (QED) is 0.748. The van der Waals surface area contributed by atoms with Gasteiger partial charge in [-0.2, -0.15) is 0 Å². The standard InChI is InChI=1S/C17H18ClN3O2/c1-10-8-15(12(3)22-10)17-21-20-16(23-17)9-19-11(2)13-4-6-14(18)7-5-13/h4-8,11,19H,9H2,1-3H3/t11-/m1/s1. The molecule has 0 fully saturated rings. The Bertz CT molecular complexity index is 793. The van der Waals surface area contributed by atoms with Crippen molar-refractivity contribution >= 4 is 11.6 Å². The highest BCUT2D eigenvalue weighted by atomic mass is 35.5. The fourth-order valence-corrected chi connectivity index (χ4v) is 2.51. The van der Waals surface area contributed by atoms with Gasteiger partial charge in [-0.25, -0.2) is 0 Å². The maximum Gasteiger partial charge on any atom is 0.251 e. The second-order valence-electron chi connectivity index (χ2n) is 5.48. The van der Waals surface area contributed by atoms with Gasteiger partial charge in [-0.15, -0.1) is 10.2 Å². The van der Waals surface area contributed by atoms with Gasteiger partial charge in [-0.3, -0.25) is 0 Å². The van der Waals surface area contributed by atoms with E-state index < -0.39 is 0 Å². The number of hydrogen-bond donors (Lipinski definition) is 1. The Balaban J connectivity index is 1.65. The number of aryl methyl sites for hydroxylation is 2. The molecule has 0 bridgehead atoms. The lowest BCUT2D eigenvalue weighted by Crippen LogP contribution is -2.18. The molecule has 0 aliphatic heterocycles. The van der Waals surface area contributed by atoms with E-state index in [1.807, 2.05) is 44.2 Å². The van der Waals surface area contributed by atoms with Crippen molar-refractivity contribution in [3.8, 4) is 11.5 Å². The van der Waals surface area contributed by atoms with Crippen molar-refractivity contribution in [1.29, 1.82) is 0 Å². The number of nitrogens with one attached hydrogen (secondary N) is 1. The van der Waals surface area contributed by atoms with Gasteiger partial charge >= 0.3 is 0 Å². The van der Waals surface area contributed by atoms with Crippen LogP contribution in [0.1, 0.15) is 35.9 Å². The summed E-state index contributed by atoms with van der Waals surface area (Å²) in [6, 6.07) is 9.80. The zero-order chi connectivity index (χ0) is 16.4.